The summed E-state index contributed by atoms with van der Waals surface area (Å²) in [5.74, 6) is 0. The van der Waals surface area contributed by atoms with Crippen molar-refractivity contribution in [2.24, 2.45) is 0 Å². The van der Waals surface area contributed by atoms with Crippen molar-refractivity contribution in [2.45, 2.75) is 44.1 Å². The summed E-state index contributed by atoms with van der Waals surface area (Å²) >= 11 is 5.58. The Kier molecular flexibility index (Phi) is 3.71. The largest absolute Gasteiger partial charge is 0.392 e. The van der Waals surface area contributed by atoms with Crippen molar-refractivity contribution in [3.63, 3.8) is 0 Å². The molecule has 2 aromatic heterocycles. The number of aliphatic hydroxyl groups excluding tert-OH is 1. The lowest BCUT2D eigenvalue weighted by Crippen LogP contribution is -2.52. The second-order valence-corrected chi connectivity index (χ2v) is 6.29. The molecule has 1 saturated carbocycles. The van der Waals surface area contributed by atoms with Crippen LogP contribution in [-0.4, -0.2) is 32.6 Å². The lowest BCUT2D eigenvalue weighted by Gasteiger charge is -2.42. The van der Waals surface area contributed by atoms with Crippen LogP contribution in [-0.2, 0) is 5.41 Å². The van der Waals surface area contributed by atoms with Crippen LogP contribution in [0.15, 0.2) is 24.5 Å². The lowest BCUT2D eigenvalue weighted by molar-refractivity contribution is 0.0776. The molecule has 2 heterocycles. The van der Waals surface area contributed by atoms with Gasteiger partial charge in [0.15, 0.2) is 0 Å². The summed E-state index contributed by atoms with van der Waals surface area (Å²) in [5.41, 5.74) is 2.50. The fourth-order valence-corrected chi connectivity index (χ4v) is 3.85. The van der Waals surface area contributed by atoms with Crippen molar-refractivity contribution in [3.05, 3.63) is 35.8 Å². The molecule has 2 unspecified atom stereocenters. The van der Waals surface area contributed by atoms with Gasteiger partial charge in [0.2, 0.25) is 0 Å². The number of nitrogens with zero attached hydrogens (tertiary/aromatic N) is 2. The summed E-state index contributed by atoms with van der Waals surface area (Å²) in [5, 5.41) is 13.8. The molecular weight excluding hydrogens is 282 g/mol. The maximum absolute atomic E-state index is 10.7. The van der Waals surface area contributed by atoms with E-state index in [-0.39, 0.29) is 0 Å². The number of thiocarbonyl (C=S) groups is 1. The molecule has 4 nitrogen and oxygen atoms in total. The fraction of sp³-hybridized carbons (Fsp3) is 0.500. The number of fused-ring (bicyclic) bond motifs is 1. The number of imidazole rings is 1. The highest BCUT2D eigenvalue weighted by Crippen LogP contribution is 2.40. The molecule has 2 N–H and O–H groups in total. The van der Waals surface area contributed by atoms with Crippen LogP contribution < -0.4 is 5.32 Å². The monoisotopic (exact) mass is 303 g/mol. The highest BCUT2D eigenvalue weighted by atomic mass is 32.1. The fourth-order valence-electron chi connectivity index (χ4n) is 3.49. The molecule has 2 aromatic rings. The van der Waals surface area contributed by atoms with Crippen LogP contribution >= 0.6 is 12.2 Å². The van der Waals surface area contributed by atoms with E-state index >= 15 is 0 Å². The van der Waals surface area contributed by atoms with Gasteiger partial charge in [-0.1, -0.05) is 31.1 Å². The smallest absolute Gasteiger partial charge is 0.136 e. The first kappa shape index (κ1) is 14.5. The minimum absolute atomic E-state index is 0.437. The maximum Gasteiger partial charge on any atom is 0.136 e. The van der Waals surface area contributed by atoms with Gasteiger partial charge >= 0.3 is 0 Å². The zero-order valence-corrected chi connectivity index (χ0v) is 13.3. The summed E-state index contributed by atoms with van der Waals surface area (Å²) < 4.78 is 2.02. The normalized spacial score (nSPS) is 26.0. The number of rotatable bonds is 2. The van der Waals surface area contributed by atoms with E-state index in [0.29, 0.717) is 0 Å². The van der Waals surface area contributed by atoms with E-state index in [4.69, 9.17) is 12.2 Å². The number of hydrogen-bond acceptors (Lipinski definition) is 3. The van der Waals surface area contributed by atoms with Crippen LogP contribution in [0.3, 0.4) is 0 Å². The summed E-state index contributed by atoms with van der Waals surface area (Å²) in [4.78, 5) is 5.19. The van der Waals surface area contributed by atoms with Gasteiger partial charge < -0.3 is 14.8 Å². The predicted octanol–water partition coefficient (Wildman–Crippen LogP) is 2.36. The second kappa shape index (κ2) is 5.39. The topological polar surface area (TPSA) is 49.6 Å². The van der Waals surface area contributed by atoms with E-state index in [9.17, 15) is 5.11 Å². The molecule has 0 spiro atoms. The molecule has 0 aliphatic heterocycles. The Morgan fingerprint density at radius 1 is 1.43 bits per heavy atom. The third-order valence-electron chi connectivity index (χ3n) is 4.59. The quantitative estimate of drug-likeness (QED) is 0.836. The Balaban J connectivity index is 2.15. The van der Waals surface area contributed by atoms with Crippen LogP contribution in [0.5, 0.6) is 0 Å². The second-order valence-electron chi connectivity index (χ2n) is 5.88. The highest BCUT2D eigenvalue weighted by molar-refractivity contribution is 7.80. The van der Waals surface area contributed by atoms with Gasteiger partial charge in [-0.05, 0) is 31.4 Å². The summed E-state index contributed by atoms with van der Waals surface area (Å²) in [6.45, 7) is 1.98. The molecule has 0 radical (unpaired) electrons. The Morgan fingerprint density at radius 3 is 2.95 bits per heavy atom. The Bertz CT molecular complexity index is 681. The highest BCUT2D eigenvalue weighted by Gasteiger charge is 2.45. The van der Waals surface area contributed by atoms with Crippen LogP contribution in [0.25, 0.3) is 5.65 Å². The number of pyridine rings is 1. The molecule has 1 aliphatic rings. The Morgan fingerprint density at radius 2 is 2.24 bits per heavy atom. The summed E-state index contributed by atoms with van der Waals surface area (Å²) in [6, 6.07) is 4.06. The number of aryl methyl sites for hydroxylation is 1. The van der Waals surface area contributed by atoms with Crippen LogP contribution in [0.2, 0.25) is 0 Å². The molecule has 112 valence electrons. The minimum atomic E-state index is -0.477. The third-order valence-corrected chi connectivity index (χ3v) is 5.15. The van der Waals surface area contributed by atoms with E-state index in [0.717, 1.165) is 47.6 Å². The van der Waals surface area contributed by atoms with E-state index in [1.165, 1.54) is 0 Å². The van der Waals surface area contributed by atoms with Gasteiger partial charge in [-0.3, -0.25) is 0 Å². The minimum Gasteiger partial charge on any atom is -0.392 e. The molecule has 0 saturated heterocycles. The van der Waals surface area contributed by atoms with Gasteiger partial charge in [0.05, 0.1) is 22.2 Å². The zero-order chi connectivity index (χ0) is 15.0. The van der Waals surface area contributed by atoms with Crippen molar-refractivity contribution in [3.8, 4) is 0 Å². The molecule has 1 fully saturated rings. The van der Waals surface area contributed by atoms with Crippen LogP contribution in [0.4, 0.5) is 0 Å². The molecule has 1 aliphatic carbocycles. The molecular formula is C16H21N3OS. The Hall–Kier alpha value is -1.46. The van der Waals surface area contributed by atoms with Crippen molar-refractivity contribution < 1.29 is 5.11 Å². The number of likely N-dealkylation sites (N-methyl/N-ethyl adjacent to an activating group) is 1. The molecule has 2 atom stereocenters. The number of nitrogens with one attached hydrogen (secondary N) is 1. The SMILES string of the molecule is CNC(=S)C1(c2ccc3nc(C)cn3c2)CCCCC1O. The number of aliphatic hydroxyl groups is 1. The van der Waals surface area contributed by atoms with Crippen LogP contribution in [0.1, 0.15) is 36.9 Å². The molecule has 0 aromatic carbocycles. The first-order valence-electron chi connectivity index (χ1n) is 7.44. The Labute approximate surface area is 130 Å². The first-order chi connectivity index (χ1) is 10.1. The van der Waals surface area contributed by atoms with Gasteiger partial charge in [-0.15, -0.1) is 0 Å². The van der Waals surface area contributed by atoms with E-state index in [2.05, 4.69) is 22.6 Å². The number of hydrogen-bond donors (Lipinski definition) is 2. The van der Waals surface area contributed by atoms with Gasteiger partial charge in [0.1, 0.15) is 5.65 Å². The molecule has 21 heavy (non-hydrogen) atoms. The maximum atomic E-state index is 10.7. The van der Waals surface area contributed by atoms with Gasteiger partial charge in [0, 0.05) is 19.4 Å². The average Bonchev–Trinajstić information content (AvgIpc) is 2.86. The van der Waals surface area contributed by atoms with E-state index in [1.54, 1.807) is 0 Å². The van der Waals surface area contributed by atoms with Gasteiger partial charge in [0.25, 0.3) is 0 Å². The summed E-state index contributed by atoms with van der Waals surface area (Å²) in [6.07, 6.45) is 7.45. The molecule has 3 rings (SSSR count). The molecule has 5 heteroatoms. The van der Waals surface area contributed by atoms with E-state index in [1.807, 2.05) is 30.6 Å². The third kappa shape index (κ3) is 2.24. The van der Waals surface area contributed by atoms with Crippen molar-refractivity contribution in [1.82, 2.24) is 14.7 Å². The summed E-state index contributed by atoms with van der Waals surface area (Å²) in [7, 11) is 1.84. The zero-order valence-electron chi connectivity index (χ0n) is 12.5. The lowest BCUT2D eigenvalue weighted by atomic mass is 9.67. The van der Waals surface area contributed by atoms with Crippen molar-refractivity contribution in [1.29, 1.82) is 0 Å². The van der Waals surface area contributed by atoms with Gasteiger partial charge in [-0.2, -0.15) is 0 Å². The molecule has 0 amide bonds. The van der Waals surface area contributed by atoms with Crippen LogP contribution in [0, 0.1) is 6.92 Å². The van der Waals surface area contributed by atoms with E-state index < -0.39 is 11.5 Å². The van der Waals surface area contributed by atoms with Crippen molar-refractivity contribution >= 4 is 22.9 Å². The average molecular weight is 303 g/mol. The number of aromatic nitrogens is 2. The standard InChI is InChI=1S/C16H21N3OS/c1-11-9-19-10-12(6-7-14(19)18-11)16(15(21)17-2)8-4-3-5-13(16)20/h6-7,9-10,13,20H,3-5,8H2,1-2H3,(H,17,21). The first-order valence-corrected chi connectivity index (χ1v) is 7.85. The van der Waals surface area contributed by atoms with Gasteiger partial charge in [-0.25, -0.2) is 4.98 Å². The van der Waals surface area contributed by atoms with Crippen molar-refractivity contribution in [2.75, 3.05) is 7.05 Å². The predicted molar refractivity (Wildman–Crippen MR) is 87.7 cm³/mol. The molecule has 0 bridgehead atoms.